The lowest BCUT2D eigenvalue weighted by molar-refractivity contribution is 0.175. The highest BCUT2D eigenvalue weighted by molar-refractivity contribution is 6.74. The first-order chi connectivity index (χ1) is 13.3. The van der Waals surface area contributed by atoms with Crippen molar-refractivity contribution >= 4 is 13.9 Å². The van der Waals surface area contributed by atoms with Crippen molar-refractivity contribution in [3.63, 3.8) is 0 Å². The maximum Gasteiger partial charge on any atom is 0.192 e. The molecule has 0 N–H and O–H groups in total. The second-order valence-electron chi connectivity index (χ2n) is 9.92. The minimum absolute atomic E-state index is 0.145. The Bertz CT molecular complexity index is 931. The van der Waals surface area contributed by atoms with Crippen molar-refractivity contribution in [2.75, 3.05) is 13.2 Å². The van der Waals surface area contributed by atoms with Gasteiger partial charge in [0.25, 0.3) is 0 Å². The Hall–Kier alpha value is -1.98. The highest BCUT2D eigenvalue weighted by Crippen LogP contribution is 2.46. The van der Waals surface area contributed by atoms with E-state index in [1.165, 1.54) is 12.1 Å². The first-order valence-corrected chi connectivity index (χ1v) is 13.0. The number of pyridine rings is 1. The Morgan fingerprint density at radius 2 is 1.90 bits per heavy atom. The van der Waals surface area contributed by atoms with Gasteiger partial charge in [-0.15, -0.1) is 0 Å². The zero-order chi connectivity index (χ0) is 21.6. The largest absolute Gasteiger partial charge is 0.490 e. The van der Waals surface area contributed by atoms with E-state index in [9.17, 15) is 4.39 Å². The normalized spacial score (nSPS) is 19.0. The van der Waals surface area contributed by atoms with Crippen LogP contribution in [0.1, 0.15) is 45.9 Å². The van der Waals surface area contributed by atoms with E-state index < -0.39 is 8.32 Å². The van der Waals surface area contributed by atoms with Crippen LogP contribution in [0.5, 0.6) is 5.75 Å². The summed E-state index contributed by atoms with van der Waals surface area (Å²) in [5, 5.41) is 0.145. The minimum Gasteiger partial charge on any atom is -0.490 e. The molecule has 0 saturated carbocycles. The average Bonchev–Trinajstić information content (AvgIpc) is 2.97. The second-order valence-corrected chi connectivity index (χ2v) is 14.7. The minimum atomic E-state index is -1.89. The van der Waals surface area contributed by atoms with Crippen molar-refractivity contribution < 1.29 is 13.6 Å². The highest BCUT2D eigenvalue weighted by atomic mass is 28.4. The van der Waals surface area contributed by atoms with E-state index in [2.05, 4.69) is 53.4 Å². The van der Waals surface area contributed by atoms with Gasteiger partial charge >= 0.3 is 0 Å². The first-order valence-electron chi connectivity index (χ1n) is 10.1. The van der Waals surface area contributed by atoms with Gasteiger partial charge in [-0.2, -0.15) is 0 Å². The van der Waals surface area contributed by atoms with E-state index in [0.29, 0.717) is 13.2 Å². The number of aromatic nitrogens is 1. The molecule has 29 heavy (non-hydrogen) atoms. The number of hydrogen-bond acceptors (Lipinski definition) is 3. The molecule has 156 valence electrons. The monoisotopic (exact) mass is 413 g/mol. The van der Waals surface area contributed by atoms with Crippen molar-refractivity contribution in [3.05, 3.63) is 54.0 Å². The van der Waals surface area contributed by atoms with Gasteiger partial charge < -0.3 is 9.16 Å². The topological polar surface area (TPSA) is 31.4 Å². The Labute approximate surface area is 175 Å². The summed E-state index contributed by atoms with van der Waals surface area (Å²) in [6.45, 7) is 20.6. The van der Waals surface area contributed by atoms with Gasteiger partial charge in [0.15, 0.2) is 8.32 Å². The van der Waals surface area contributed by atoms with Crippen LogP contribution < -0.4 is 4.74 Å². The molecule has 1 atom stereocenters. The zero-order valence-electron chi connectivity index (χ0n) is 18.6. The first kappa shape index (κ1) is 21.7. The third-order valence-electron chi connectivity index (χ3n) is 6.27. The predicted octanol–water partition coefficient (Wildman–Crippen LogP) is 6.59. The summed E-state index contributed by atoms with van der Waals surface area (Å²) in [5.74, 6) is 0.498. The van der Waals surface area contributed by atoms with Crippen LogP contribution in [0.4, 0.5) is 4.39 Å². The van der Waals surface area contributed by atoms with Crippen molar-refractivity contribution in [1.82, 2.24) is 4.98 Å². The van der Waals surface area contributed by atoms with Crippen LogP contribution in [0.15, 0.2) is 36.9 Å². The molecule has 0 radical (unpaired) electrons. The summed E-state index contributed by atoms with van der Waals surface area (Å²) in [6.07, 6.45) is 0. The molecule has 0 fully saturated rings. The quantitative estimate of drug-likeness (QED) is 0.518. The molecule has 3 rings (SSSR count). The highest BCUT2D eigenvalue weighted by Gasteiger charge is 2.43. The molecule has 0 unspecified atom stereocenters. The van der Waals surface area contributed by atoms with E-state index in [0.717, 1.165) is 33.8 Å². The fourth-order valence-electron chi connectivity index (χ4n) is 3.13. The number of rotatable bonds is 5. The van der Waals surface area contributed by atoms with Crippen LogP contribution in [-0.2, 0) is 9.84 Å². The number of benzene rings is 1. The summed E-state index contributed by atoms with van der Waals surface area (Å²) < 4.78 is 26.2. The molecular formula is C24H32FNO2Si. The lowest BCUT2D eigenvalue weighted by atomic mass is 9.84. The molecule has 2 aromatic rings. The molecule has 0 saturated heterocycles. The molecule has 5 heteroatoms. The van der Waals surface area contributed by atoms with Gasteiger partial charge in [0.05, 0.1) is 11.1 Å². The summed E-state index contributed by atoms with van der Waals surface area (Å²) in [6, 6.07) is 8.46. The summed E-state index contributed by atoms with van der Waals surface area (Å²) in [4.78, 5) is 4.78. The summed E-state index contributed by atoms with van der Waals surface area (Å²) in [5.41, 5.74) is 4.09. The van der Waals surface area contributed by atoms with E-state index in [-0.39, 0.29) is 16.3 Å². The van der Waals surface area contributed by atoms with Gasteiger partial charge in [-0.25, -0.2) is 9.37 Å². The van der Waals surface area contributed by atoms with Crippen LogP contribution in [0.25, 0.3) is 16.8 Å². The van der Waals surface area contributed by atoms with Gasteiger partial charge in [0.2, 0.25) is 0 Å². The van der Waals surface area contributed by atoms with E-state index in [1.807, 2.05) is 6.92 Å². The van der Waals surface area contributed by atoms with Gasteiger partial charge in [0, 0.05) is 17.7 Å². The number of hydrogen-bond donors (Lipinski definition) is 0. The predicted molar refractivity (Wildman–Crippen MR) is 120 cm³/mol. The van der Waals surface area contributed by atoms with Crippen molar-refractivity contribution in [3.8, 4) is 17.0 Å². The lowest BCUT2D eigenvalue weighted by Crippen LogP contribution is -2.45. The van der Waals surface area contributed by atoms with Gasteiger partial charge in [-0.3, -0.25) is 0 Å². The van der Waals surface area contributed by atoms with Crippen molar-refractivity contribution in [1.29, 1.82) is 0 Å². The number of ether oxygens (including phenoxy) is 1. The average molecular weight is 414 g/mol. The molecule has 2 heterocycles. The molecule has 1 aliphatic heterocycles. The van der Waals surface area contributed by atoms with Crippen LogP contribution >= 0.6 is 0 Å². The van der Waals surface area contributed by atoms with Crippen LogP contribution in [0.2, 0.25) is 18.1 Å². The number of fused-ring (bicyclic) bond motifs is 1. The molecule has 0 bridgehead atoms. The molecule has 1 aromatic carbocycles. The van der Waals surface area contributed by atoms with E-state index in [1.54, 1.807) is 12.1 Å². The van der Waals surface area contributed by atoms with Crippen molar-refractivity contribution in [2.24, 2.45) is 0 Å². The smallest absolute Gasteiger partial charge is 0.192 e. The lowest BCUT2D eigenvalue weighted by Gasteiger charge is -2.38. The maximum absolute atomic E-state index is 13.4. The fraction of sp³-hybridized carbons (Fsp3) is 0.458. The number of halogens is 1. The Morgan fingerprint density at radius 1 is 1.28 bits per heavy atom. The summed E-state index contributed by atoms with van der Waals surface area (Å²) in [7, 11) is -1.89. The maximum atomic E-state index is 13.4. The molecule has 0 amide bonds. The molecular weight excluding hydrogens is 381 g/mol. The SMILES string of the molecule is C=C(C)c1cc2c(c(-c3ccc(F)cc3)n1)OC[C@]2(C)CO[Si](C)(C)C(C)(C)C. The van der Waals surface area contributed by atoms with Crippen LogP contribution in [-0.4, -0.2) is 26.5 Å². The van der Waals surface area contributed by atoms with E-state index >= 15 is 0 Å². The third-order valence-corrected chi connectivity index (χ3v) is 10.7. The Balaban J connectivity index is 2.04. The molecule has 3 nitrogen and oxygen atoms in total. The standard InChI is InChI=1S/C24H32FNO2Si/c1-16(2)20-13-19-22(21(26-20)17-9-11-18(25)12-10-17)27-14-24(19,6)15-28-29(7,8)23(3,4)5/h9-13H,1,14-15H2,2-8H3/t24-/m1/s1. The fourth-order valence-corrected chi connectivity index (χ4v) is 4.25. The Kier molecular flexibility index (Phi) is 5.52. The zero-order valence-corrected chi connectivity index (χ0v) is 19.6. The van der Waals surface area contributed by atoms with Crippen molar-refractivity contribution in [2.45, 2.75) is 58.2 Å². The molecule has 1 aromatic heterocycles. The van der Waals surface area contributed by atoms with Gasteiger partial charge in [-0.05, 0) is 67.9 Å². The summed E-state index contributed by atoms with van der Waals surface area (Å²) >= 11 is 0. The third kappa shape index (κ3) is 4.17. The molecule has 0 aliphatic carbocycles. The van der Waals surface area contributed by atoms with Gasteiger partial charge in [0.1, 0.15) is 23.9 Å². The molecule has 1 aliphatic rings. The molecule has 0 spiro atoms. The second kappa shape index (κ2) is 7.37. The van der Waals surface area contributed by atoms with Gasteiger partial charge in [-0.1, -0.05) is 27.4 Å². The number of allylic oxidation sites excluding steroid dienone is 1. The van der Waals surface area contributed by atoms with Crippen LogP contribution in [0, 0.1) is 5.82 Å². The Morgan fingerprint density at radius 3 is 2.45 bits per heavy atom. The number of nitrogens with zero attached hydrogens (tertiary/aromatic N) is 1. The van der Waals surface area contributed by atoms with E-state index in [4.69, 9.17) is 14.1 Å². The van der Waals surface area contributed by atoms with Crippen LogP contribution in [0.3, 0.4) is 0 Å².